The molecule has 0 atom stereocenters. The highest BCUT2D eigenvalue weighted by molar-refractivity contribution is 5.23. The van der Waals surface area contributed by atoms with Gasteiger partial charge in [-0.15, -0.1) is 0 Å². The average Bonchev–Trinajstić information content (AvgIpc) is 2.69. The number of nitrogens with zero attached hydrogens (tertiary/aromatic N) is 1. The molecule has 18 heavy (non-hydrogen) atoms. The fourth-order valence-electron chi connectivity index (χ4n) is 2.82. The second-order valence-electron chi connectivity index (χ2n) is 5.89. The predicted molar refractivity (Wildman–Crippen MR) is 72.4 cm³/mol. The topological polar surface area (TPSA) is 60.9 Å². The minimum Gasteiger partial charge on any atom is -0.394 e. The summed E-state index contributed by atoms with van der Waals surface area (Å²) in [5, 5.41) is 20.5. The van der Waals surface area contributed by atoms with Crippen LogP contribution in [0.3, 0.4) is 0 Å². The number of rotatable bonds is 4. The van der Waals surface area contributed by atoms with Crippen molar-refractivity contribution in [2.45, 2.75) is 58.5 Å². The van der Waals surface area contributed by atoms with Crippen molar-refractivity contribution in [1.29, 1.82) is 0 Å². The van der Waals surface area contributed by atoms with Gasteiger partial charge in [-0.2, -0.15) is 5.10 Å². The molecule has 1 aromatic rings. The van der Waals surface area contributed by atoms with Gasteiger partial charge in [-0.05, 0) is 45.4 Å². The minimum atomic E-state index is -0.0807. The Kier molecular flexibility index (Phi) is 4.07. The van der Waals surface area contributed by atoms with Gasteiger partial charge in [-0.1, -0.05) is 6.92 Å². The molecular weight excluding hydrogens is 226 g/mol. The molecule has 1 heterocycles. The van der Waals surface area contributed by atoms with Crippen molar-refractivity contribution in [3.8, 4) is 0 Å². The standard InChI is InChI=1S/C14H25N3O/c1-10-4-6-14(9-18,7-5-10)15-8-13-11(2)16-17-12(13)3/h10,15,18H,4-9H2,1-3H3,(H,16,17). The van der Waals surface area contributed by atoms with Crippen LogP contribution >= 0.6 is 0 Å². The average molecular weight is 251 g/mol. The van der Waals surface area contributed by atoms with Crippen molar-refractivity contribution in [1.82, 2.24) is 15.5 Å². The highest BCUT2D eigenvalue weighted by atomic mass is 16.3. The van der Waals surface area contributed by atoms with Gasteiger partial charge in [0, 0.05) is 23.3 Å². The van der Waals surface area contributed by atoms with Crippen molar-refractivity contribution < 1.29 is 5.11 Å². The summed E-state index contributed by atoms with van der Waals surface area (Å²) >= 11 is 0. The van der Waals surface area contributed by atoms with E-state index in [1.807, 2.05) is 13.8 Å². The number of aryl methyl sites for hydroxylation is 2. The van der Waals surface area contributed by atoms with Crippen LogP contribution in [-0.4, -0.2) is 27.4 Å². The summed E-state index contributed by atoms with van der Waals surface area (Å²) in [6, 6.07) is 0. The number of aliphatic hydroxyl groups is 1. The van der Waals surface area contributed by atoms with E-state index >= 15 is 0 Å². The zero-order valence-electron chi connectivity index (χ0n) is 11.7. The zero-order valence-corrected chi connectivity index (χ0v) is 11.7. The number of aromatic nitrogens is 2. The summed E-state index contributed by atoms with van der Waals surface area (Å²) in [5.41, 5.74) is 3.33. The predicted octanol–water partition coefficient (Wildman–Crippen LogP) is 2.06. The number of hydrogen-bond acceptors (Lipinski definition) is 3. The van der Waals surface area contributed by atoms with E-state index in [0.717, 1.165) is 36.7 Å². The Hall–Kier alpha value is -0.870. The first-order valence-electron chi connectivity index (χ1n) is 6.93. The number of H-pyrrole nitrogens is 1. The molecule has 0 unspecified atom stereocenters. The normalized spacial score (nSPS) is 28.6. The van der Waals surface area contributed by atoms with Gasteiger partial charge in [-0.25, -0.2) is 0 Å². The number of aromatic amines is 1. The molecule has 1 fully saturated rings. The van der Waals surface area contributed by atoms with Crippen molar-refractivity contribution >= 4 is 0 Å². The van der Waals surface area contributed by atoms with E-state index in [9.17, 15) is 5.11 Å². The zero-order chi connectivity index (χ0) is 13.2. The van der Waals surface area contributed by atoms with Crippen LogP contribution in [-0.2, 0) is 6.54 Å². The SMILES string of the molecule is Cc1n[nH]c(C)c1CNC1(CO)CCC(C)CC1. The maximum Gasteiger partial charge on any atom is 0.0638 e. The molecule has 0 radical (unpaired) electrons. The van der Waals surface area contributed by atoms with Crippen molar-refractivity contribution in [2.75, 3.05) is 6.61 Å². The lowest BCUT2D eigenvalue weighted by molar-refractivity contribution is 0.104. The Morgan fingerprint density at radius 1 is 1.39 bits per heavy atom. The molecular formula is C14H25N3O. The van der Waals surface area contributed by atoms with E-state index in [1.54, 1.807) is 0 Å². The fourth-order valence-corrected chi connectivity index (χ4v) is 2.82. The van der Waals surface area contributed by atoms with Gasteiger partial charge < -0.3 is 10.4 Å². The third kappa shape index (κ3) is 2.75. The molecule has 0 aromatic carbocycles. The molecule has 2 rings (SSSR count). The summed E-state index contributed by atoms with van der Waals surface area (Å²) in [6.07, 6.45) is 4.55. The summed E-state index contributed by atoms with van der Waals surface area (Å²) in [7, 11) is 0. The molecule has 0 aliphatic heterocycles. The van der Waals surface area contributed by atoms with Gasteiger partial charge in [0.2, 0.25) is 0 Å². The summed E-state index contributed by atoms with van der Waals surface area (Å²) < 4.78 is 0. The Balaban J connectivity index is 1.99. The van der Waals surface area contributed by atoms with Crippen LogP contribution in [0.1, 0.15) is 49.6 Å². The lowest BCUT2D eigenvalue weighted by Crippen LogP contribution is -2.50. The maximum atomic E-state index is 9.71. The van der Waals surface area contributed by atoms with E-state index in [-0.39, 0.29) is 12.1 Å². The van der Waals surface area contributed by atoms with Crippen molar-refractivity contribution in [2.24, 2.45) is 5.92 Å². The monoisotopic (exact) mass is 251 g/mol. The van der Waals surface area contributed by atoms with Gasteiger partial charge in [0.25, 0.3) is 0 Å². The molecule has 102 valence electrons. The molecule has 1 aliphatic carbocycles. The first kappa shape index (κ1) is 13.6. The second-order valence-corrected chi connectivity index (χ2v) is 5.89. The Morgan fingerprint density at radius 3 is 2.56 bits per heavy atom. The van der Waals surface area contributed by atoms with Gasteiger partial charge in [0.05, 0.1) is 12.3 Å². The molecule has 0 saturated heterocycles. The first-order valence-corrected chi connectivity index (χ1v) is 6.93. The van der Waals surface area contributed by atoms with Crippen LogP contribution in [0.2, 0.25) is 0 Å². The first-order chi connectivity index (χ1) is 8.56. The lowest BCUT2D eigenvalue weighted by atomic mass is 9.77. The second kappa shape index (κ2) is 5.41. The van der Waals surface area contributed by atoms with E-state index in [1.165, 1.54) is 18.4 Å². The molecule has 3 N–H and O–H groups in total. The Bertz CT molecular complexity index is 372. The van der Waals surface area contributed by atoms with Crippen LogP contribution < -0.4 is 5.32 Å². The van der Waals surface area contributed by atoms with E-state index in [4.69, 9.17) is 0 Å². The molecule has 1 aliphatic rings. The third-order valence-electron chi connectivity index (χ3n) is 4.45. The van der Waals surface area contributed by atoms with Crippen molar-refractivity contribution in [3.05, 3.63) is 17.0 Å². The molecule has 0 bridgehead atoms. The molecule has 0 spiro atoms. The minimum absolute atomic E-state index is 0.0807. The van der Waals surface area contributed by atoms with Crippen molar-refractivity contribution in [3.63, 3.8) is 0 Å². The smallest absolute Gasteiger partial charge is 0.0638 e. The Morgan fingerprint density at radius 2 is 2.06 bits per heavy atom. The summed E-state index contributed by atoms with van der Waals surface area (Å²) in [4.78, 5) is 0. The summed E-state index contributed by atoms with van der Waals surface area (Å²) in [5.74, 6) is 0.795. The van der Waals surface area contributed by atoms with Gasteiger partial charge in [0.15, 0.2) is 0 Å². The van der Waals surface area contributed by atoms with Gasteiger partial charge in [0.1, 0.15) is 0 Å². The number of nitrogens with one attached hydrogen (secondary N) is 2. The Labute approximate surface area is 109 Å². The van der Waals surface area contributed by atoms with Crippen LogP contribution in [0, 0.1) is 19.8 Å². The van der Waals surface area contributed by atoms with Crippen LogP contribution in [0.15, 0.2) is 0 Å². The molecule has 1 aromatic heterocycles. The fraction of sp³-hybridized carbons (Fsp3) is 0.786. The van der Waals surface area contributed by atoms with Gasteiger partial charge in [-0.3, -0.25) is 5.10 Å². The molecule has 1 saturated carbocycles. The molecule has 4 nitrogen and oxygen atoms in total. The summed E-state index contributed by atoms with van der Waals surface area (Å²) in [6.45, 7) is 7.39. The van der Waals surface area contributed by atoms with E-state index in [0.29, 0.717) is 0 Å². The number of hydrogen-bond donors (Lipinski definition) is 3. The molecule has 4 heteroatoms. The largest absolute Gasteiger partial charge is 0.394 e. The number of aliphatic hydroxyl groups excluding tert-OH is 1. The highest BCUT2D eigenvalue weighted by Gasteiger charge is 2.33. The van der Waals surface area contributed by atoms with E-state index < -0.39 is 0 Å². The van der Waals surface area contributed by atoms with E-state index in [2.05, 4.69) is 22.4 Å². The quantitative estimate of drug-likeness (QED) is 0.767. The van der Waals surface area contributed by atoms with Crippen LogP contribution in [0.5, 0.6) is 0 Å². The van der Waals surface area contributed by atoms with Crippen LogP contribution in [0.25, 0.3) is 0 Å². The maximum absolute atomic E-state index is 9.71. The lowest BCUT2D eigenvalue weighted by Gasteiger charge is -2.39. The van der Waals surface area contributed by atoms with Gasteiger partial charge >= 0.3 is 0 Å². The van der Waals surface area contributed by atoms with Crippen LogP contribution in [0.4, 0.5) is 0 Å². The third-order valence-corrected chi connectivity index (χ3v) is 4.45. The molecule has 0 amide bonds. The highest BCUT2D eigenvalue weighted by Crippen LogP contribution is 2.32.